The molecule has 0 aliphatic carbocycles. The van der Waals surface area contributed by atoms with Gasteiger partial charge in [-0.15, -0.1) is 0 Å². The summed E-state index contributed by atoms with van der Waals surface area (Å²) in [5.41, 5.74) is 2.25. The first kappa shape index (κ1) is 18.0. The lowest BCUT2D eigenvalue weighted by molar-refractivity contribution is -0.386. The van der Waals surface area contributed by atoms with E-state index in [1.54, 1.807) is 0 Å². The molecule has 1 aromatic rings. The average Bonchev–Trinajstić information content (AvgIpc) is 3.08. The molecule has 138 valence electrons. The fourth-order valence-electron chi connectivity index (χ4n) is 2.70. The molecule has 1 N–H and O–H groups in total. The van der Waals surface area contributed by atoms with Crippen LogP contribution >= 0.6 is 0 Å². The summed E-state index contributed by atoms with van der Waals surface area (Å²) in [5.74, 6) is 0.0274. The molecule has 2 aliphatic heterocycles. The summed E-state index contributed by atoms with van der Waals surface area (Å²) in [6.07, 6.45) is -0.362. The summed E-state index contributed by atoms with van der Waals surface area (Å²) in [6.45, 7) is 2.62. The van der Waals surface area contributed by atoms with Crippen molar-refractivity contribution in [2.45, 2.75) is 11.0 Å². The number of piperazine rings is 1. The van der Waals surface area contributed by atoms with E-state index in [0.717, 1.165) is 6.07 Å². The van der Waals surface area contributed by atoms with Crippen LogP contribution in [0.1, 0.15) is 0 Å². The van der Waals surface area contributed by atoms with E-state index in [0.29, 0.717) is 32.7 Å². The van der Waals surface area contributed by atoms with Gasteiger partial charge in [0.2, 0.25) is 10.0 Å². The molecular formula is C14H20N4O6S. The van der Waals surface area contributed by atoms with Crippen LogP contribution in [0.3, 0.4) is 0 Å². The van der Waals surface area contributed by atoms with E-state index in [2.05, 4.69) is 5.48 Å². The Labute approximate surface area is 145 Å². The molecule has 0 unspecified atom stereocenters. The maximum Gasteiger partial charge on any atom is 0.312 e. The maximum atomic E-state index is 12.7. The molecule has 0 spiro atoms. The van der Waals surface area contributed by atoms with Crippen LogP contribution in [0.5, 0.6) is 5.75 Å². The lowest BCUT2D eigenvalue weighted by Crippen LogP contribution is -2.47. The summed E-state index contributed by atoms with van der Waals surface area (Å²) < 4.78 is 32.4. The SMILES string of the molecule is CN1CCN(S(=O)(=O)c2ccc(O[C@H]3CNOC3)c([N+](=O)[O-])c2)CC1. The van der Waals surface area contributed by atoms with Gasteiger partial charge in [-0.2, -0.15) is 9.79 Å². The van der Waals surface area contributed by atoms with Crippen molar-refractivity contribution in [2.75, 3.05) is 46.4 Å². The highest BCUT2D eigenvalue weighted by atomic mass is 32.2. The second-order valence-electron chi connectivity index (χ2n) is 5.99. The van der Waals surface area contributed by atoms with Crippen molar-refractivity contribution in [1.29, 1.82) is 0 Å². The zero-order valence-corrected chi connectivity index (χ0v) is 14.6. The minimum absolute atomic E-state index is 0.0274. The number of hydrogen-bond acceptors (Lipinski definition) is 8. The van der Waals surface area contributed by atoms with Crippen molar-refractivity contribution in [2.24, 2.45) is 0 Å². The number of nitro groups is 1. The third kappa shape index (κ3) is 3.90. The second kappa shape index (κ2) is 7.22. The number of nitrogens with zero attached hydrogens (tertiary/aromatic N) is 3. The fraction of sp³-hybridized carbons (Fsp3) is 0.571. The van der Waals surface area contributed by atoms with Gasteiger partial charge < -0.3 is 9.64 Å². The van der Waals surface area contributed by atoms with Crippen LogP contribution in [0.2, 0.25) is 0 Å². The zero-order chi connectivity index (χ0) is 18.0. The van der Waals surface area contributed by atoms with Gasteiger partial charge in [0.1, 0.15) is 12.7 Å². The van der Waals surface area contributed by atoms with E-state index in [1.807, 2.05) is 11.9 Å². The summed E-state index contributed by atoms with van der Waals surface area (Å²) >= 11 is 0. The van der Waals surface area contributed by atoms with Crippen LogP contribution in [0, 0.1) is 10.1 Å². The van der Waals surface area contributed by atoms with Gasteiger partial charge in [-0.05, 0) is 19.2 Å². The molecule has 0 aromatic heterocycles. The van der Waals surface area contributed by atoms with Gasteiger partial charge in [-0.1, -0.05) is 0 Å². The summed E-state index contributed by atoms with van der Waals surface area (Å²) in [5, 5.41) is 11.4. The first-order chi connectivity index (χ1) is 11.9. The number of nitro benzene ring substituents is 1. The number of hydrogen-bond donors (Lipinski definition) is 1. The molecule has 2 aliphatic rings. The van der Waals surface area contributed by atoms with Gasteiger partial charge in [0.25, 0.3) is 0 Å². The zero-order valence-electron chi connectivity index (χ0n) is 13.8. The third-order valence-electron chi connectivity index (χ3n) is 4.20. The van der Waals surface area contributed by atoms with Gasteiger partial charge >= 0.3 is 5.69 Å². The normalized spacial score (nSPS) is 22.8. The molecule has 1 aromatic carbocycles. The monoisotopic (exact) mass is 372 g/mol. The molecule has 0 bridgehead atoms. The van der Waals surface area contributed by atoms with Gasteiger partial charge in [0, 0.05) is 32.2 Å². The van der Waals surface area contributed by atoms with Gasteiger partial charge in [-0.3, -0.25) is 15.0 Å². The van der Waals surface area contributed by atoms with Crippen molar-refractivity contribution in [3.05, 3.63) is 28.3 Å². The van der Waals surface area contributed by atoms with Gasteiger partial charge in [-0.25, -0.2) is 8.42 Å². The molecular weight excluding hydrogens is 352 g/mol. The van der Waals surface area contributed by atoms with Crippen LogP contribution in [0.4, 0.5) is 5.69 Å². The Morgan fingerprint density at radius 3 is 2.64 bits per heavy atom. The van der Waals surface area contributed by atoms with E-state index in [4.69, 9.17) is 9.57 Å². The van der Waals surface area contributed by atoms with E-state index in [1.165, 1.54) is 16.4 Å². The summed E-state index contributed by atoms with van der Waals surface area (Å²) in [6, 6.07) is 3.74. The Bertz CT molecular complexity index is 742. The number of rotatable bonds is 5. The Morgan fingerprint density at radius 2 is 2.04 bits per heavy atom. The first-order valence-electron chi connectivity index (χ1n) is 7.86. The van der Waals surface area contributed by atoms with Crippen LogP contribution in [0.15, 0.2) is 23.1 Å². The Kier molecular flexibility index (Phi) is 5.20. The smallest absolute Gasteiger partial charge is 0.312 e. The topological polar surface area (TPSA) is 114 Å². The fourth-order valence-corrected chi connectivity index (χ4v) is 4.14. The predicted molar refractivity (Wildman–Crippen MR) is 87.7 cm³/mol. The number of sulfonamides is 1. The van der Waals surface area contributed by atoms with Gasteiger partial charge in [0.05, 0.1) is 16.4 Å². The van der Waals surface area contributed by atoms with Crippen LogP contribution in [-0.2, 0) is 14.9 Å². The molecule has 0 saturated carbocycles. The number of ether oxygens (including phenoxy) is 1. The average molecular weight is 372 g/mol. The van der Waals surface area contributed by atoms with Crippen LogP contribution in [-0.4, -0.2) is 75.0 Å². The Balaban J connectivity index is 1.86. The minimum Gasteiger partial charge on any atom is -0.479 e. The van der Waals surface area contributed by atoms with E-state index in [9.17, 15) is 18.5 Å². The van der Waals surface area contributed by atoms with Crippen molar-refractivity contribution in [1.82, 2.24) is 14.7 Å². The standard InChI is InChI=1S/C14H20N4O6S/c1-16-4-6-17(7-5-16)25(21,22)12-2-3-14(13(8-12)18(19)20)24-11-9-15-23-10-11/h2-3,8,11,15H,4-7,9-10H2,1H3/t11-/m0/s1. The molecule has 0 amide bonds. The van der Waals surface area contributed by atoms with Crippen LogP contribution < -0.4 is 10.2 Å². The number of benzene rings is 1. The highest BCUT2D eigenvalue weighted by molar-refractivity contribution is 7.89. The molecule has 25 heavy (non-hydrogen) atoms. The number of likely N-dealkylation sites (N-methyl/N-ethyl adjacent to an activating group) is 1. The molecule has 3 rings (SSSR count). The molecule has 2 saturated heterocycles. The van der Waals surface area contributed by atoms with E-state index >= 15 is 0 Å². The largest absolute Gasteiger partial charge is 0.479 e. The summed E-state index contributed by atoms with van der Waals surface area (Å²) in [7, 11) is -1.86. The van der Waals surface area contributed by atoms with Crippen molar-refractivity contribution >= 4 is 15.7 Å². The van der Waals surface area contributed by atoms with E-state index in [-0.39, 0.29) is 29.0 Å². The number of nitrogens with one attached hydrogen (secondary N) is 1. The van der Waals surface area contributed by atoms with Crippen LogP contribution in [0.25, 0.3) is 0 Å². The third-order valence-corrected chi connectivity index (χ3v) is 6.10. The molecule has 10 nitrogen and oxygen atoms in total. The molecule has 0 radical (unpaired) electrons. The summed E-state index contributed by atoms with van der Waals surface area (Å²) in [4.78, 5) is 17.6. The van der Waals surface area contributed by atoms with Crippen molar-refractivity contribution in [3.63, 3.8) is 0 Å². The minimum atomic E-state index is -3.78. The maximum absolute atomic E-state index is 12.7. The lowest BCUT2D eigenvalue weighted by atomic mass is 10.3. The molecule has 2 fully saturated rings. The highest BCUT2D eigenvalue weighted by Gasteiger charge is 2.30. The quantitative estimate of drug-likeness (QED) is 0.559. The highest BCUT2D eigenvalue weighted by Crippen LogP contribution is 2.32. The Morgan fingerprint density at radius 1 is 1.32 bits per heavy atom. The van der Waals surface area contributed by atoms with Crippen molar-refractivity contribution < 1.29 is 22.9 Å². The van der Waals surface area contributed by atoms with Crippen molar-refractivity contribution in [3.8, 4) is 5.75 Å². The molecule has 1 atom stereocenters. The predicted octanol–water partition coefficient (Wildman–Crippen LogP) is -0.187. The van der Waals surface area contributed by atoms with E-state index < -0.39 is 14.9 Å². The molecule has 2 heterocycles. The Hall–Kier alpha value is -1.79. The second-order valence-corrected chi connectivity index (χ2v) is 7.93. The van der Waals surface area contributed by atoms with Gasteiger partial charge in [0.15, 0.2) is 5.75 Å². The lowest BCUT2D eigenvalue weighted by Gasteiger charge is -2.31. The molecule has 11 heteroatoms. The first-order valence-corrected chi connectivity index (χ1v) is 9.30. The number of hydroxylamine groups is 1.